The summed E-state index contributed by atoms with van der Waals surface area (Å²) < 4.78 is 10.6. The van der Waals surface area contributed by atoms with Crippen molar-refractivity contribution in [2.75, 3.05) is 19.7 Å². The number of fused-ring (bicyclic) bond motifs is 1. The minimum atomic E-state index is -0.146. The zero-order chi connectivity index (χ0) is 19.3. The van der Waals surface area contributed by atoms with E-state index in [1.165, 1.54) is 12.5 Å². The van der Waals surface area contributed by atoms with Crippen LogP contribution in [0.5, 0.6) is 5.75 Å². The molecular formula is C22H22N2O4. The number of amides is 2. The van der Waals surface area contributed by atoms with Crippen LogP contribution >= 0.6 is 0 Å². The molecule has 0 aliphatic carbocycles. The van der Waals surface area contributed by atoms with Crippen LogP contribution in [0.4, 0.5) is 0 Å². The zero-order valence-electron chi connectivity index (χ0n) is 15.5. The van der Waals surface area contributed by atoms with Crippen LogP contribution in [0, 0.1) is 0 Å². The van der Waals surface area contributed by atoms with Crippen molar-refractivity contribution in [3.05, 3.63) is 66.6 Å². The normalized spacial score (nSPS) is 14.8. The van der Waals surface area contributed by atoms with Crippen molar-refractivity contribution in [2.45, 2.75) is 18.9 Å². The number of nitrogens with one attached hydrogen (secondary N) is 1. The first-order valence-electron chi connectivity index (χ1n) is 9.41. The molecule has 144 valence electrons. The third-order valence-electron chi connectivity index (χ3n) is 5.01. The number of carbonyl (C=O) groups is 2. The van der Waals surface area contributed by atoms with Crippen LogP contribution in [0.25, 0.3) is 10.8 Å². The van der Waals surface area contributed by atoms with Crippen LogP contribution in [-0.2, 0) is 4.79 Å². The molecule has 1 N–H and O–H groups in total. The second kappa shape index (κ2) is 8.17. The molecule has 2 aromatic carbocycles. The number of hydrogen-bond acceptors (Lipinski definition) is 4. The van der Waals surface area contributed by atoms with Gasteiger partial charge in [-0.05, 0) is 41.8 Å². The molecule has 4 rings (SSSR count). The van der Waals surface area contributed by atoms with E-state index in [4.69, 9.17) is 9.15 Å². The van der Waals surface area contributed by atoms with E-state index in [1.54, 1.807) is 11.0 Å². The average molecular weight is 378 g/mol. The SMILES string of the molecule is O=C(COc1ccc2ccccc2c1)NC1CCN(C(=O)c2ccoc2)CC1. The van der Waals surface area contributed by atoms with Crippen molar-refractivity contribution in [3.8, 4) is 5.75 Å². The van der Waals surface area contributed by atoms with Gasteiger partial charge in [0.15, 0.2) is 6.61 Å². The number of rotatable bonds is 5. The zero-order valence-corrected chi connectivity index (χ0v) is 15.5. The van der Waals surface area contributed by atoms with E-state index in [1.807, 2.05) is 42.5 Å². The Labute approximate surface area is 163 Å². The number of benzene rings is 2. The van der Waals surface area contributed by atoms with Gasteiger partial charge >= 0.3 is 0 Å². The maximum atomic E-state index is 12.3. The Morgan fingerprint density at radius 1 is 1.07 bits per heavy atom. The predicted molar refractivity (Wildman–Crippen MR) is 105 cm³/mol. The maximum absolute atomic E-state index is 12.3. The first-order chi connectivity index (χ1) is 13.7. The van der Waals surface area contributed by atoms with E-state index in [2.05, 4.69) is 5.32 Å². The molecule has 0 saturated carbocycles. The van der Waals surface area contributed by atoms with Gasteiger partial charge in [-0.25, -0.2) is 0 Å². The summed E-state index contributed by atoms with van der Waals surface area (Å²) in [4.78, 5) is 26.3. The highest BCUT2D eigenvalue weighted by atomic mass is 16.5. The van der Waals surface area contributed by atoms with Gasteiger partial charge in [0.2, 0.25) is 0 Å². The Kier molecular flexibility index (Phi) is 5.28. The molecule has 1 aromatic heterocycles. The molecule has 2 heterocycles. The molecule has 6 heteroatoms. The monoisotopic (exact) mass is 378 g/mol. The number of nitrogens with zero attached hydrogens (tertiary/aromatic N) is 1. The Morgan fingerprint density at radius 2 is 1.86 bits per heavy atom. The highest BCUT2D eigenvalue weighted by molar-refractivity contribution is 5.93. The van der Waals surface area contributed by atoms with Gasteiger partial charge in [-0.3, -0.25) is 9.59 Å². The van der Waals surface area contributed by atoms with Crippen LogP contribution < -0.4 is 10.1 Å². The third-order valence-corrected chi connectivity index (χ3v) is 5.01. The van der Waals surface area contributed by atoms with Gasteiger partial charge in [-0.1, -0.05) is 30.3 Å². The lowest BCUT2D eigenvalue weighted by atomic mass is 10.0. The first kappa shape index (κ1) is 18.1. The fourth-order valence-electron chi connectivity index (χ4n) is 3.47. The van der Waals surface area contributed by atoms with Crippen molar-refractivity contribution in [2.24, 2.45) is 0 Å². The van der Waals surface area contributed by atoms with Gasteiger partial charge in [0.05, 0.1) is 11.8 Å². The molecule has 0 bridgehead atoms. The Balaban J connectivity index is 1.23. The molecule has 0 spiro atoms. The quantitative estimate of drug-likeness (QED) is 0.740. The van der Waals surface area contributed by atoms with Gasteiger partial charge in [-0.15, -0.1) is 0 Å². The molecule has 0 radical (unpaired) electrons. The Bertz CT molecular complexity index is 960. The number of piperidine rings is 1. The lowest BCUT2D eigenvalue weighted by Crippen LogP contribution is -2.47. The first-order valence-corrected chi connectivity index (χ1v) is 9.41. The summed E-state index contributed by atoms with van der Waals surface area (Å²) in [6.07, 6.45) is 4.41. The minimum absolute atomic E-state index is 0.0213. The van der Waals surface area contributed by atoms with Gasteiger partial charge < -0.3 is 19.4 Å². The van der Waals surface area contributed by atoms with E-state index < -0.39 is 0 Å². The lowest BCUT2D eigenvalue weighted by Gasteiger charge is -2.32. The van der Waals surface area contributed by atoms with Crippen molar-refractivity contribution in [1.29, 1.82) is 0 Å². The molecule has 1 aliphatic heterocycles. The summed E-state index contributed by atoms with van der Waals surface area (Å²) in [5.74, 6) is 0.500. The van der Waals surface area contributed by atoms with E-state index >= 15 is 0 Å². The van der Waals surface area contributed by atoms with Crippen LogP contribution in [0.2, 0.25) is 0 Å². The number of likely N-dealkylation sites (tertiary alicyclic amines) is 1. The van der Waals surface area contributed by atoms with Crippen molar-refractivity contribution >= 4 is 22.6 Å². The van der Waals surface area contributed by atoms with E-state index in [0.717, 1.165) is 23.6 Å². The standard InChI is InChI=1S/C22H22N2O4/c25-21(15-28-20-6-5-16-3-1-2-4-17(16)13-20)23-19-7-10-24(11-8-19)22(26)18-9-12-27-14-18/h1-6,9,12-14,19H,7-8,10-11,15H2,(H,23,25). The molecule has 0 unspecified atom stereocenters. The van der Waals surface area contributed by atoms with Crippen molar-refractivity contribution in [3.63, 3.8) is 0 Å². The number of ether oxygens (including phenoxy) is 1. The molecule has 1 aliphatic rings. The second-order valence-electron chi connectivity index (χ2n) is 6.94. The molecule has 6 nitrogen and oxygen atoms in total. The van der Waals surface area contributed by atoms with Gasteiger partial charge in [-0.2, -0.15) is 0 Å². The molecule has 28 heavy (non-hydrogen) atoms. The van der Waals surface area contributed by atoms with Crippen LogP contribution in [0.15, 0.2) is 65.5 Å². The Morgan fingerprint density at radius 3 is 2.61 bits per heavy atom. The summed E-state index contributed by atoms with van der Waals surface area (Å²) in [7, 11) is 0. The smallest absolute Gasteiger partial charge is 0.258 e. The highest BCUT2D eigenvalue weighted by Crippen LogP contribution is 2.20. The Hall–Kier alpha value is -3.28. The molecule has 3 aromatic rings. The van der Waals surface area contributed by atoms with Crippen molar-refractivity contribution in [1.82, 2.24) is 10.2 Å². The largest absolute Gasteiger partial charge is 0.484 e. The fraction of sp³-hybridized carbons (Fsp3) is 0.273. The number of hydrogen-bond donors (Lipinski definition) is 1. The van der Waals surface area contributed by atoms with Crippen LogP contribution in [-0.4, -0.2) is 42.5 Å². The van der Waals surface area contributed by atoms with Crippen LogP contribution in [0.3, 0.4) is 0 Å². The average Bonchev–Trinajstić information content (AvgIpc) is 3.27. The topological polar surface area (TPSA) is 71.8 Å². The summed E-state index contributed by atoms with van der Waals surface area (Å²) in [6.45, 7) is 1.20. The summed E-state index contributed by atoms with van der Waals surface area (Å²) in [5.41, 5.74) is 0.561. The summed E-state index contributed by atoms with van der Waals surface area (Å²) >= 11 is 0. The molecule has 0 atom stereocenters. The second-order valence-corrected chi connectivity index (χ2v) is 6.94. The predicted octanol–water partition coefficient (Wildman–Crippen LogP) is 3.23. The summed E-state index contributed by atoms with van der Waals surface area (Å²) in [5, 5.41) is 5.21. The highest BCUT2D eigenvalue weighted by Gasteiger charge is 2.25. The molecule has 2 amide bonds. The summed E-state index contributed by atoms with van der Waals surface area (Å²) in [6, 6.07) is 15.5. The molecular weight excluding hydrogens is 356 g/mol. The van der Waals surface area contributed by atoms with Gasteiger partial charge in [0, 0.05) is 19.1 Å². The number of carbonyl (C=O) groups excluding carboxylic acids is 2. The van der Waals surface area contributed by atoms with E-state index in [9.17, 15) is 9.59 Å². The van der Waals surface area contributed by atoms with E-state index in [0.29, 0.717) is 24.4 Å². The maximum Gasteiger partial charge on any atom is 0.258 e. The van der Waals surface area contributed by atoms with Crippen molar-refractivity contribution < 1.29 is 18.7 Å². The van der Waals surface area contributed by atoms with Gasteiger partial charge in [0.1, 0.15) is 12.0 Å². The lowest BCUT2D eigenvalue weighted by molar-refractivity contribution is -0.124. The van der Waals surface area contributed by atoms with E-state index in [-0.39, 0.29) is 24.5 Å². The third kappa shape index (κ3) is 4.17. The fourth-order valence-corrected chi connectivity index (χ4v) is 3.47. The molecule has 1 saturated heterocycles. The molecule has 1 fully saturated rings. The minimum Gasteiger partial charge on any atom is -0.484 e. The number of furan rings is 1. The van der Waals surface area contributed by atoms with Gasteiger partial charge in [0.25, 0.3) is 11.8 Å². The van der Waals surface area contributed by atoms with Crippen LogP contribution in [0.1, 0.15) is 23.2 Å².